The molecule has 10 heteroatoms. The summed E-state index contributed by atoms with van der Waals surface area (Å²) in [6, 6.07) is -0.832. The molecule has 0 aromatic heterocycles. The van der Waals surface area contributed by atoms with Crippen molar-refractivity contribution in [2.75, 3.05) is 6.54 Å². The number of hydrogen-bond acceptors (Lipinski definition) is 6. The number of carboxylic acid groups (broad SMARTS) is 4. The standard InChI is InChI=1S/C14H24N2O8/c15-9(1-2-10(17)18)14(6-3-11(19)20,7-4-12(21)22)16-8-5-13(23)24/h9,16H,1-8,15H2,(H,17,18)(H,19,20)(H,21,22)(H,23,24). The maximum Gasteiger partial charge on any atom is 0.304 e. The predicted octanol–water partition coefficient (Wildman–Crippen LogP) is -0.289. The van der Waals surface area contributed by atoms with Gasteiger partial charge < -0.3 is 31.5 Å². The van der Waals surface area contributed by atoms with Crippen molar-refractivity contribution in [1.29, 1.82) is 0 Å². The molecule has 0 aromatic carbocycles. The molecule has 7 N–H and O–H groups in total. The normalized spacial score (nSPS) is 12.5. The molecule has 0 bridgehead atoms. The summed E-state index contributed by atoms with van der Waals surface area (Å²) in [6.07, 6.45) is -1.18. The van der Waals surface area contributed by atoms with E-state index in [1.54, 1.807) is 0 Å². The van der Waals surface area contributed by atoms with Gasteiger partial charge in [-0.1, -0.05) is 0 Å². The van der Waals surface area contributed by atoms with Gasteiger partial charge in [-0.3, -0.25) is 19.2 Å². The van der Waals surface area contributed by atoms with Crippen molar-refractivity contribution < 1.29 is 39.6 Å². The maximum absolute atomic E-state index is 10.9. The highest BCUT2D eigenvalue weighted by Gasteiger charge is 2.37. The molecule has 24 heavy (non-hydrogen) atoms. The Labute approximate surface area is 138 Å². The molecule has 0 aliphatic carbocycles. The second-order valence-corrected chi connectivity index (χ2v) is 5.55. The van der Waals surface area contributed by atoms with E-state index >= 15 is 0 Å². The number of aliphatic carboxylic acids is 4. The average molecular weight is 348 g/mol. The number of carboxylic acids is 4. The van der Waals surface area contributed by atoms with Crippen molar-refractivity contribution in [1.82, 2.24) is 5.32 Å². The van der Waals surface area contributed by atoms with E-state index in [-0.39, 0.29) is 51.5 Å². The average Bonchev–Trinajstić information content (AvgIpc) is 2.46. The zero-order chi connectivity index (χ0) is 18.8. The van der Waals surface area contributed by atoms with Gasteiger partial charge in [0.2, 0.25) is 0 Å². The molecule has 0 rings (SSSR count). The van der Waals surface area contributed by atoms with E-state index in [0.29, 0.717) is 0 Å². The van der Waals surface area contributed by atoms with Crippen molar-refractivity contribution in [2.45, 2.75) is 56.5 Å². The zero-order valence-electron chi connectivity index (χ0n) is 13.2. The van der Waals surface area contributed by atoms with Gasteiger partial charge in [0.15, 0.2) is 0 Å². The minimum absolute atomic E-state index is 0.00857. The van der Waals surface area contributed by atoms with Crippen LogP contribution < -0.4 is 11.1 Å². The SMILES string of the molecule is NC(CCC(=O)O)C(CCC(=O)O)(CCC(=O)O)NCCC(=O)O. The second kappa shape index (κ2) is 10.6. The molecule has 1 unspecified atom stereocenters. The fourth-order valence-corrected chi connectivity index (χ4v) is 2.44. The van der Waals surface area contributed by atoms with E-state index in [2.05, 4.69) is 5.32 Å². The van der Waals surface area contributed by atoms with Crippen LogP contribution >= 0.6 is 0 Å². The molecule has 0 amide bonds. The Balaban J connectivity index is 5.26. The Morgan fingerprint density at radius 1 is 0.792 bits per heavy atom. The lowest BCUT2D eigenvalue weighted by molar-refractivity contribution is -0.140. The predicted molar refractivity (Wildman–Crippen MR) is 81.6 cm³/mol. The van der Waals surface area contributed by atoms with Crippen LogP contribution in [-0.2, 0) is 19.2 Å². The van der Waals surface area contributed by atoms with Gasteiger partial charge in [0.1, 0.15) is 0 Å². The molecule has 0 aromatic rings. The summed E-state index contributed by atoms with van der Waals surface area (Å²) < 4.78 is 0. The molecule has 0 radical (unpaired) electrons. The first-order valence-electron chi connectivity index (χ1n) is 7.47. The zero-order valence-corrected chi connectivity index (χ0v) is 13.2. The summed E-state index contributed by atoms with van der Waals surface area (Å²) >= 11 is 0. The fourth-order valence-electron chi connectivity index (χ4n) is 2.44. The molecule has 0 spiro atoms. The lowest BCUT2D eigenvalue weighted by Crippen LogP contribution is -2.59. The van der Waals surface area contributed by atoms with Crippen LogP contribution in [0.2, 0.25) is 0 Å². The number of nitrogens with one attached hydrogen (secondary N) is 1. The molecule has 138 valence electrons. The van der Waals surface area contributed by atoms with Crippen LogP contribution in [0.1, 0.15) is 44.9 Å². The first-order chi connectivity index (χ1) is 11.1. The first kappa shape index (κ1) is 21.8. The summed E-state index contributed by atoms with van der Waals surface area (Å²) in [5, 5.41) is 38.2. The number of carbonyl (C=O) groups is 4. The number of hydrogen-bond donors (Lipinski definition) is 6. The monoisotopic (exact) mass is 348 g/mol. The van der Waals surface area contributed by atoms with Crippen LogP contribution in [0.5, 0.6) is 0 Å². The third kappa shape index (κ3) is 9.06. The van der Waals surface area contributed by atoms with Crippen LogP contribution in [0.25, 0.3) is 0 Å². The topological polar surface area (TPSA) is 187 Å². The summed E-state index contributed by atoms with van der Waals surface area (Å²) in [5.74, 6) is -4.38. The van der Waals surface area contributed by atoms with E-state index in [1.165, 1.54) is 0 Å². The van der Waals surface area contributed by atoms with Crippen LogP contribution in [0.4, 0.5) is 0 Å². The second-order valence-electron chi connectivity index (χ2n) is 5.55. The van der Waals surface area contributed by atoms with Gasteiger partial charge >= 0.3 is 23.9 Å². The highest BCUT2D eigenvalue weighted by atomic mass is 16.4. The van der Waals surface area contributed by atoms with E-state index < -0.39 is 35.5 Å². The van der Waals surface area contributed by atoms with Crippen molar-refractivity contribution in [2.24, 2.45) is 5.73 Å². The summed E-state index contributed by atoms with van der Waals surface area (Å²) in [6.45, 7) is -0.0324. The quantitative estimate of drug-likeness (QED) is 0.243. The van der Waals surface area contributed by atoms with Gasteiger partial charge in [0.05, 0.1) is 6.42 Å². The summed E-state index contributed by atoms with van der Waals surface area (Å²) in [4.78, 5) is 43.2. The number of rotatable bonds is 14. The highest BCUT2D eigenvalue weighted by molar-refractivity contribution is 5.68. The smallest absolute Gasteiger partial charge is 0.304 e. The van der Waals surface area contributed by atoms with E-state index in [9.17, 15) is 19.2 Å². The van der Waals surface area contributed by atoms with Crippen molar-refractivity contribution in [3.8, 4) is 0 Å². The molecular weight excluding hydrogens is 324 g/mol. The van der Waals surface area contributed by atoms with E-state index in [4.69, 9.17) is 26.2 Å². The van der Waals surface area contributed by atoms with Crippen molar-refractivity contribution in [3.63, 3.8) is 0 Å². The Kier molecular flexibility index (Phi) is 9.58. The third-order valence-electron chi connectivity index (χ3n) is 3.76. The van der Waals surface area contributed by atoms with Gasteiger partial charge in [0, 0.05) is 37.4 Å². The van der Waals surface area contributed by atoms with Gasteiger partial charge in [-0.15, -0.1) is 0 Å². The Morgan fingerprint density at radius 2 is 1.21 bits per heavy atom. The molecule has 0 saturated carbocycles. The third-order valence-corrected chi connectivity index (χ3v) is 3.76. The van der Waals surface area contributed by atoms with Crippen molar-refractivity contribution in [3.05, 3.63) is 0 Å². The molecule has 0 aliphatic heterocycles. The Morgan fingerprint density at radius 3 is 1.58 bits per heavy atom. The van der Waals surface area contributed by atoms with Crippen LogP contribution in [0.3, 0.4) is 0 Å². The maximum atomic E-state index is 10.9. The Hall–Kier alpha value is -2.20. The Bertz CT molecular complexity index is 448. The van der Waals surface area contributed by atoms with Crippen LogP contribution in [0, 0.1) is 0 Å². The first-order valence-corrected chi connectivity index (χ1v) is 7.47. The molecule has 1 atom stereocenters. The molecule has 0 fully saturated rings. The minimum atomic E-state index is -1.16. The molecule has 0 heterocycles. The summed E-state index contributed by atoms with van der Waals surface area (Å²) in [5.41, 5.74) is 4.87. The lowest BCUT2D eigenvalue weighted by atomic mass is 9.79. The van der Waals surface area contributed by atoms with Gasteiger partial charge in [-0.25, -0.2) is 0 Å². The number of nitrogens with two attached hydrogens (primary N) is 1. The molecule has 10 nitrogen and oxygen atoms in total. The van der Waals surface area contributed by atoms with Crippen LogP contribution in [-0.4, -0.2) is 62.4 Å². The molecule has 0 aliphatic rings. The summed E-state index contributed by atoms with van der Waals surface area (Å²) in [7, 11) is 0. The fraction of sp³-hybridized carbons (Fsp3) is 0.714. The van der Waals surface area contributed by atoms with Gasteiger partial charge in [0.25, 0.3) is 0 Å². The lowest BCUT2D eigenvalue weighted by Gasteiger charge is -2.40. The van der Waals surface area contributed by atoms with E-state index in [0.717, 1.165) is 0 Å². The van der Waals surface area contributed by atoms with Gasteiger partial charge in [-0.2, -0.15) is 0 Å². The highest BCUT2D eigenvalue weighted by Crippen LogP contribution is 2.26. The van der Waals surface area contributed by atoms with Crippen molar-refractivity contribution >= 4 is 23.9 Å². The molecular formula is C14H24N2O8. The largest absolute Gasteiger partial charge is 0.481 e. The van der Waals surface area contributed by atoms with Gasteiger partial charge in [-0.05, 0) is 19.3 Å². The van der Waals surface area contributed by atoms with E-state index in [1.807, 2.05) is 0 Å². The minimum Gasteiger partial charge on any atom is -0.481 e. The van der Waals surface area contributed by atoms with Crippen LogP contribution in [0.15, 0.2) is 0 Å². The molecule has 0 saturated heterocycles.